The molecule has 0 fully saturated rings. The van der Waals surface area contributed by atoms with Crippen molar-refractivity contribution in [1.29, 1.82) is 0 Å². The van der Waals surface area contributed by atoms with Crippen molar-refractivity contribution >= 4 is 15.7 Å². The first-order valence-corrected chi connectivity index (χ1v) is 8.53. The van der Waals surface area contributed by atoms with E-state index in [1.165, 1.54) is 12.1 Å². The Kier molecular flexibility index (Phi) is 4.06. The second kappa shape index (κ2) is 6.04. The van der Waals surface area contributed by atoms with Gasteiger partial charge in [0.25, 0.3) is 10.0 Å². The van der Waals surface area contributed by atoms with E-state index in [1.807, 2.05) is 0 Å². The average molecular weight is 347 g/mol. The largest absolute Gasteiger partial charge is 0.421 e. The van der Waals surface area contributed by atoms with Crippen molar-refractivity contribution < 1.29 is 17.2 Å². The van der Waals surface area contributed by atoms with Gasteiger partial charge in [-0.3, -0.25) is 4.72 Å². The Morgan fingerprint density at radius 1 is 1.04 bits per heavy atom. The first kappa shape index (κ1) is 16.1. The Morgan fingerprint density at radius 3 is 2.38 bits per heavy atom. The number of benzene rings is 2. The van der Waals surface area contributed by atoms with Gasteiger partial charge in [-0.1, -0.05) is 6.07 Å². The van der Waals surface area contributed by atoms with Gasteiger partial charge < -0.3 is 4.42 Å². The van der Waals surface area contributed by atoms with Crippen LogP contribution in [0.1, 0.15) is 11.5 Å². The van der Waals surface area contributed by atoms with E-state index in [1.54, 1.807) is 38.1 Å². The SMILES string of the molecule is Cc1nnc(-c2ccc(NS(=O)(=O)c3cc(F)ccc3C)cc2)o1. The predicted octanol–water partition coefficient (Wildman–Crippen LogP) is 3.29. The van der Waals surface area contributed by atoms with E-state index in [0.717, 1.165) is 6.07 Å². The Morgan fingerprint density at radius 2 is 1.75 bits per heavy atom. The lowest BCUT2D eigenvalue weighted by Gasteiger charge is -2.10. The molecule has 0 spiro atoms. The Balaban J connectivity index is 1.86. The molecular weight excluding hydrogens is 333 g/mol. The van der Waals surface area contributed by atoms with Crippen LogP contribution in [0, 0.1) is 19.7 Å². The smallest absolute Gasteiger partial charge is 0.262 e. The van der Waals surface area contributed by atoms with Gasteiger partial charge in [-0.15, -0.1) is 10.2 Å². The second-order valence-corrected chi connectivity index (χ2v) is 6.87. The monoisotopic (exact) mass is 347 g/mol. The molecule has 2 aromatic carbocycles. The summed E-state index contributed by atoms with van der Waals surface area (Å²) in [6.45, 7) is 3.29. The highest BCUT2D eigenvalue weighted by Crippen LogP contribution is 2.23. The third kappa shape index (κ3) is 3.28. The molecule has 1 aromatic heterocycles. The van der Waals surface area contributed by atoms with Crippen molar-refractivity contribution in [3.63, 3.8) is 0 Å². The second-order valence-electron chi connectivity index (χ2n) is 5.22. The van der Waals surface area contributed by atoms with Crippen molar-refractivity contribution in [3.05, 3.63) is 59.7 Å². The molecule has 0 aliphatic rings. The van der Waals surface area contributed by atoms with E-state index < -0.39 is 15.8 Å². The summed E-state index contributed by atoms with van der Waals surface area (Å²) in [6.07, 6.45) is 0. The fraction of sp³-hybridized carbons (Fsp3) is 0.125. The minimum absolute atomic E-state index is 0.0981. The Labute approximate surface area is 138 Å². The summed E-state index contributed by atoms with van der Waals surface area (Å²) in [5.74, 6) is 0.183. The van der Waals surface area contributed by atoms with Gasteiger partial charge in [0.05, 0.1) is 4.90 Å². The van der Waals surface area contributed by atoms with Crippen molar-refractivity contribution in [1.82, 2.24) is 10.2 Å². The van der Waals surface area contributed by atoms with E-state index >= 15 is 0 Å². The highest BCUT2D eigenvalue weighted by molar-refractivity contribution is 7.92. The molecular formula is C16H14FN3O3S. The number of hydrogen-bond acceptors (Lipinski definition) is 5. The van der Waals surface area contributed by atoms with Gasteiger partial charge in [0.15, 0.2) is 0 Å². The fourth-order valence-corrected chi connectivity index (χ4v) is 3.48. The molecule has 0 amide bonds. The van der Waals surface area contributed by atoms with Crippen molar-refractivity contribution in [2.24, 2.45) is 0 Å². The normalized spacial score (nSPS) is 11.5. The zero-order valence-electron chi connectivity index (χ0n) is 12.9. The van der Waals surface area contributed by atoms with E-state index in [2.05, 4.69) is 14.9 Å². The quantitative estimate of drug-likeness (QED) is 0.783. The van der Waals surface area contributed by atoms with Gasteiger partial charge in [0.2, 0.25) is 11.8 Å². The van der Waals surface area contributed by atoms with Crippen LogP contribution in [0.3, 0.4) is 0 Å². The summed E-state index contributed by atoms with van der Waals surface area (Å²) in [5, 5.41) is 7.63. The molecule has 0 aliphatic carbocycles. The summed E-state index contributed by atoms with van der Waals surface area (Å²) in [4.78, 5) is -0.0981. The number of nitrogens with zero attached hydrogens (tertiary/aromatic N) is 2. The Hall–Kier alpha value is -2.74. The first-order chi connectivity index (χ1) is 11.3. The van der Waals surface area contributed by atoms with Gasteiger partial charge in [0.1, 0.15) is 5.82 Å². The summed E-state index contributed by atoms with van der Waals surface area (Å²) < 4.78 is 45.9. The molecule has 0 aliphatic heterocycles. The third-order valence-electron chi connectivity index (χ3n) is 3.35. The molecule has 0 bridgehead atoms. The number of anilines is 1. The number of rotatable bonds is 4. The highest BCUT2D eigenvalue weighted by Gasteiger charge is 2.18. The molecule has 8 heteroatoms. The molecule has 0 atom stereocenters. The van der Waals surface area contributed by atoms with Crippen LogP contribution in [0.2, 0.25) is 0 Å². The van der Waals surface area contributed by atoms with Crippen LogP contribution in [-0.4, -0.2) is 18.6 Å². The van der Waals surface area contributed by atoms with Crippen molar-refractivity contribution in [2.45, 2.75) is 18.7 Å². The molecule has 0 saturated carbocycles. The van der Waals surface area contributed by atoms with Crippen LogP contribution in [0.5, 0.6) is 0 Å². The number of nitrogens with one attached hydrogen (secondary N) is 1. The first-order valence-electron chi connectivity index (χ1n) is 7.05. The lowest BCUT2D eigenvalue weighted by Crippen LogP contribution is -2.14. The van der Waals surface area contributed by atoms with Gasteiger partial charge in [0, 0.05) is 18.2 Å². The van der Waals surface area contributed by atoms with Crippen LogP contribution in [0.4, 0.5) is 10.1 Å². The molecule has 3 rings (SSSR count). The third-order valence-corrected chi connectivity index (χ3v) is 4.87. The van der Waals surface area contributed by atoms with Gasteiger partial charge in [-0.2, -0.15) is 0 Å². The molecule has 124 valence electrons. The zero-order valence-corrected chi connectivity index (χ0v) is 13.8. The summed E-state index contributed by atoms with van der Waals surface area (Å²) in [6, 6.07) is 10.1. The molecule has 1 N–H and O–H groups in total. The van der Waals surface area contributed by atoms with Gasteiger partial charge >= 0.3 is 0 Å². The van der Waals surface area contributed by atoms with E-state index in [4.69, 9.17) is 4.42 Å². The molecule has 0 saturated heterocycles. The topological polar surface area (TPSA) is 85.1 Å². The van der Waals surface area contributed by atoms with Crippen molar-refractivity contribution in [2.75, 3.05) is 4.72 Å². The minimum atomic E-state index is -3.88. The standard InChI is InChI=1S/C16H14FN3O3S/c1-10-3-6-13(17)9-15(10)24(21,22)20-14-7-4-12(5-8-14)16-19-18-11(2)23-16/h3-9,20H,1-2H3. The molecule has 24 heavy (non-hydrogen) atoms. The molecule has 1 heterocycles. The number of aromatic nitrogens is 2. The maximum absolute atomic E-state index is 13.3. The zero-order chi connectivity index (χ0) is 17.3. The minimum Gasteiger partial charge on any atom is -0.421 e. The summed E-state index contributed by atoms with van der Waals surface area (Å²) >= 11 is 0. The van der Waals surface area contributed by atoms with Crippen LogP contribution in [0.25, 0.3) is 11.5 Å². The van der Waals surface area contributed by atoms with Crippen LogP contribution < -0.4 is 4.72 Å². The number of aryl methyl sites for hydroxylation is 2. The Bertz CT molecular complexity index is 982. The van der Waals surface area contributed by atoms with Gasteiger partial charge in [-0.25, -0.2) is 12.8 Å². The van der Waals surface area contributed by atoms with Crippen LogP contribution in [0.15, 0.2) is 51.8 Å². The van der Waals surface area contributed by atoms with Gasteiger partial charge in [-0.05, 0) is 48.9 Å². The predicted molar refractivity (Wildman–Crippen MR) is 86.4 cm³/mol. The van der Waals surface area contributed by atoms with Crippen molar-refractivity contribution in [3.8, 4) is 11.5 Å². The van der Waals surface area contributed by atoms with Crippen LogP contribution in [-0.2, 0) is 10.0 Å². The number of hydrogen-bond donors (Lipinski definition) is 1. The highest BCUT2D eigenvalue weighted by atomic mass is 32.2. The van der Waals surface area contributed by atoms with E-state index in [9.17, 15) is 12.8 Å². The maximum Gasteiger partial charge on any atom is 0.262 e. The van der Waals surface area contributed by atoms with E-state index in [0.29, 0.717) is 28.6 Å². The molecule has 0 unspecified atom stereocenters. The molecule has 6 nitrogen and oxygen atoms in total. The number of halogens is 1. The summed E-state index contributed by atoms with van der Waals surface area (Å²) in [7, 11) is -3.88. The van der Waals surface area contributed by atoms with E-state index in [-0.39, 0.29) is 4.90 Å². The average Bonchev–Trinajstić information content (AvgIpc) is 2.96. The summed E-state index contributed by atoms with van der Waals surface area (Å²) in [5.41, 5.74) is 1.47. The fourth-order valence-electron chi connectivity index (χ4n) is 2.17. The molecule has 3 aromatic rings. The lowest BCUT2D eigenvalue weighted by molar-refractivity contribution is 0.533. The maximum atomic E-state index is 13.3. The lowest BCUT2D eigenvalue weighted by atomic mass is 10.2. The molecule has 0 radical (unpaired) electrons. The number of sulfonamides is 1. The van der Waals surface area contributed by atoms with Crippen LogP contribution >= 0.6 is 0 Å².